The topological polar surface area (TPSA) is 188 Å². The summed E-state index contributed by atoms with van der Waals surface area (Å²) in [7, 11) is 0. The van der Waals surface area contributed by atoms with Crippen molar-refractivity contribution in [1.29, 1.82) is 0 Å². The average molecular weight is 493 g/mol. The van der Waals surface area contributed by atoms with E-state index in [1.165, 1.54) is 12.7 Å². The number of aliphatic hydroxyl groups excluding tert-OH is 5. The standard InChI is InChI=1S/C21H30N7O7/c1-2-14(27-4-3-22-9-27)26-19-16-20(24-8-23-19)28(10-25-16,15-5-11(31)12(6-29)34-15)21-18(33)17(32)13(7-30)35-21/h3-4,8-15,17-18,21,29-33H,2,5-7H2,1H3,(H,23,24,26)/q+1/t11-,12+,13+,14?,15-,17+,18+,21+,28?/m0/s1. The summed E-state index contributed by atoms with van der Waals surface area (Å²) in [5.74, 6) is 0.754. The molecule has 5 heterocycles. The molecule has 9 atom stereocenters. The Bertz CT molecular complexity index is 1060. The van der Waals surface area contributed by atoms with Gasteiger partial charge in [-0.15, -0.1) is 0 Å². The van der Waals surface area contributed by atoms with Gasteiger partial charge in [0.05, 0.1) is 32.1 Å². The zero-order chi connectivity index (χ0) is 24.7. The molecule has 35 heavy (non-hydrogen) atoms. The average Bonchev–Trinajstić information content (AvgIpc) is 3.65. The van der Waals surface area contributed by atoms with Crippen LogP contribution in [0.3, 0.4) is 0 Å². The van der Waals surface area contributed by atoms with Crippen molar-refractivity contribution in [3.05, 3.63) is 25.0 Å². The first kappa shape index (κ1) is 24.1. The van der Waals surface area contributed by atoms with Gasteiger partial charge in [-0.3, -0.25) is 0 Å². The van der Waals surface area contributed by atoms with Gasteiger partial charge in [-0.2, -0.15) is 14.5 Å². The third-order valence-electron chi connectivity index (χ3n) is 6.92. The predicted molar refractivity (Wildman–Crippen MR) is 121 cm³/mol. The summed E-state index contributed by atoms with van der Waals surface area (Å²) in [6, 6.07) is 0. The summed E-state index contributed by atoms with van der Waals surface area (Å²) >= 11 is 0. The maximum atomic E-state index is 10.9. The lowest BCUT2D eigenvalue weighted by Gasteiger charge is -2.39. The van der Waals surface area contributed by atoms with Gasteiger partial charge < -0.3 is 44.9 Å². The zero-order valence-electron chi connectivity index (χ0n) is 19.1. The van der Waals surface area contributed by atoms with E-state index in [1.807, 2.05) is 17.7 Å². The number of anilines is 1. The number of ether oxygens (including phenoxy) is 2. The van der Waals surface area contributed by atoms with E-state index in [2.05, 4.69) is 25.3 Å². The smallest absolute Gasteiger partial charge is 0.269 e. The number of nitrogens with zero attached hydrogens (tertiary/aromatic N) is 6. The van der Waals surface area contributed by atoms with Crippen molar-refractivity contribution in [2.45, 2.75) is 68.9 Å². The van der Waals surface area contributed by atoms with Crippen LogP contribution in [0.1, 0.15) is 25.9 Å². The number of rotatable bonds is 8. The van der Waals surface area contributed by atoms with Crippen molar-refractivity contribution in [2.75, 3.05) is 18.5 Å². The Morgan fingerprint density at radius 1 is 1.14 bits per heavy atom. The molecular weight excluding hydrogens is 462 g/mol. The molecule has 2 aromatic rings. The van der Waals surface area contributed by atoms with Crippen LogP contribution in [0.5, 0.6) is 0 Å². The maximum Gasteiger partial charge on any atom is 0.269 e. The lowest BCUT2D eigenvalue weighted by molar-refractivity contribution is -0.133. The summed E-state index contributed by atoms with van der Waals surface area (Å²) in [6.07, 6.45) is 1.01. The second-order valence-electron chi connectivity index (χ2n) is 8.90. The minimum absolute atomic E-state index is 0.0859. The van der Waals surface area contributed by atoms with Gasteiger partial charge in [-0.25, -0.2) is 9.97 Å². The molecule has 5 rings (SSSR count). The van der Waals surface area contributed by atoms with Crippen LogP contribution in [-0.2, 0) is 9.47 Å². The highest BCUT2D eigenvalue weighted by Gasteiger charge is 2.63. The maximum absolute atomic E-state index is 10.9. The number of aliphatic imine (C=N–C) groups is 1. The van der Waals surface area contributed by atoms with Crippen LogP contribution in [0, 0.1) is 0 Å². The molecule has 0 saturated carbocycles. The lowest BCUT2D eigenvalue weighted by atomic mass is 10.1. The third kappa shape index (κ3) is 3.82. The van der Waals surface area contributed by atoms with E-state index in [-0.39, 0.29) is 12.6 Å². The Morgan fingerprint density at radius 2 is 1.94 bits per heavy atom. The second-order valence-corrected chi connectivity index (χ2v) is 8.90. The van der Waals surface area contributed by atoms with Crippen LogP contribution < -0.4 is 9.80 Å². The summed E-state index contributed by atoms with van der Waals surface area (Å²) in [5, 5.41) is 54.5. The van der Waals surface area contributed by atoms with E-state index < -0.39 is 60.7 Å². The van der Waals surface area contributed by atoms with E-state index in [0.29, 0.717) is 23.7 Å². The van der Waals surface area contributed by atoms with E-state index in [9.17, 15) is 25.5 Å². The molecule has 0 aliphatic carbocycles. The fraction of sp³-hybridized carbons (Fsp3) is 0.619. The number of quaternary nitrogens is 1. The van der Waals surface area contributed by atoms with E-state index in [4.69, 9.17) is 9.47 Å². The van der Waals surface area contributed by atoms with Gasteiger partial charge in [0, 0.05) is 12.4 Å². The molecule has 14 heteroatoms. The number of imidazole rings is 1. The molecule has 14 nitrogen and oxygen atoms in total. The zero-order valence-corrected chi connectivity index (χ0v) is 19.1. The van der Waals surface area contributed by atoms with Gasteiger partial charge in [0.2, 0.25) is 18.8 Å². The van der Waals surface area contributed by atoms with Crippen LogP contribution in [0.15, 0.2) is 30.0 Å². The van der Waals surface area contributed by atoms with Gasteiger partial charge in [-0.05, 0) is 6.42 Å². The van der Waals surface area contributed by atoms with Crippen LogP contribution in [0.25, 0.3) is 0 Å². The van der Waals surface area contributed by atoms with E-state index in [1.54, 1.807) is 12.5 Å². The number of aromatic nitrogens is 4. The summed E-state index contributed by atoms with van der Waals surface area (Å²) in [5.41, 5.74) is 0.384. The molecule has 0 spiro atoms. The fourth-order valence-electron chi connectivity index (χ4n) is 5.02. The Hall–Kier alpha value is -2.56. The van der Waals surface area contributed by atoms with Crippen molar-refractivity contribution in [1.82, 2.24) is 24.0 Å². The number of nitrogens with one attached hydrogen (secondary N) is 1. The van der Waals surface area contributed by atoms with E-state index in [0.717, 1.165) is 0 Å². The molecule has 0 radical (unpaired) electrons. The fourth-order valence-corrected chi connectivity index (χ4v) is 5.02. The third-order valence-corrected chi connectivity index (χ3v) is 6.92. The molecule has 3 aliphatic rings. The van der Waals surface area contributed by atoms with Crippen molar-refractivity contribution in [3.63, 3.8) is 0 Å². The van der Waals surface area contributed by atoms with Crippen molar-refractivity contribution < 1.29 is 35.0 Å². The summed E-state index contributed by atoms with van der Waals surface area (Å²) in [4.78, 5) is 17.5. The number of aliphatic hydroxyl groups is 5. The summed E-state index contributed by atoms with van der Waals surface area (Å²) < 4.78 is 13.4. The number of hydrogen-bond acceptors (Lipinski definition) is 12. The quantitative estimate of drug-likeness (QED) is 0.237. The molecular formula is C21H30N7O7+. The Morgan fingerprint density at radius 3 is 2.57 bits per heavy atom. The molecule has 190 valence electrons. The van der Waals surface area contributed by atoms with Crippen LogP contribution in [0.2, 0.25) is 0 Å². The van der Waals surface area contributed by atoms with Crippen LogP contribution >= 0.6 is 0 Å². The van der Waals surface area contributed by atoms with Crippen molar-refractivity contribution >= 4 is 23.7 Å². The SMILES string of the molecule is CCC(Nc1ncnc2c1N=C[N+]2([C@@H]1C[C@H](O)[C@@H](CO)O1)[C@@H]1O[C@H](CO)[C@@H](O)[C@H]1O)n1ccnc1. The van der Waals surface area contributed by atoms with Gasteiger partial charge in [-0.1, -0.05) is 6.92 Å². The molecule has 2 fully saturated rings. The molecule has 2 unspecified atom stereocenters. The molecule has 3 aliphatic heterocycles. The number of fused-ring (bicyclic) bond motifs is 1. The molecule has 0 bridgehead atoms. The van der Waals surface area contributed by atoms with Gasteiger partial charge >= 0.3 is 0 Å². The first-order chi connectivity index (χ1) is 16.9. The molecule has 0 aromatic carbocycles. The first-order valence-corrected chi connectivity index (χ1v) is 11.5. The van der Waals surface area contributed by atoms with Gasteiger partial charge in [0.1, 0.15) is 30.8 Å². The lowest BCUT2D eigenvalue weighted by Crippen LogP contribution is -2.65. The van der Waals surface area contributed by atoms with Gasteiger partial charge in [0.25, 0.3) is 5.82 Å². The molecule has 6 N–H and O–H groups in total. The normalized spacial score (nSPS) is 37.0. The minimum atomic E-state index is -1.42. The monoisotopic (exact) mass is 492 g/mol. The van der Waals surface area contributed by atoms with E-state index >= 15 is 0 Å². The number of hydrogen-bond donors (Lipinski definition) is 6. The Kier molecular flexibility index (Phi) is 6.54. The molecule has 0 amide bonds. The molecule has 2 saturated heterocycles. The van der Waals surface area contributed by atoms with Gasteiger partial charge in [0.15, 0.2) is 17.6 Å². The first-order valence-electron chi connectivity index (χ1n) is 11.5. The van der Waals surface area contributed by atoms with Crippen molar-refractivity contribution in [2.24, 2.45) is 4.99 Å². The second kappa shape index (κ2) is 9.48. The largest absolute Gasteiger partial charge is 0.394 e. The Balaban J connectivity index is 1.57. The molecule has 2 aromatic heterocycles. The highest BCUT2D eigenvalue weighted by atomic mass is 16.6. The van der Waals surface area contributed by atoms with Crippen LogP contribution in [-0.4, -0.2) is 108 Å². The Labute approximate surface area is 200 Å². The van der Waals surface area contributed by atoms with Crippen LogP contribution in [0.4, 0.5) is 17.3 Å². The highest BCUT2D eigenvalue weighted by molar-refractivity contribution is 5.92. The summed E-state index contributed by atoms with van der Waals surface area (Å²) in [6.45, 7) is 1.09. The predicted octanol–water partition coefficient (Wildman–Crippen LogP) is -1.42. The van der Waals surface area contributed by atoms with Crippen molar-refractivity contribution in [3.8, 4) is 0 Å². The minimum Gasteiger partial charge on any atom is -0.394 e. The highest BCUT2D eigenvalue weighted by Crippen LogP contribution is 2.49.